The van der Waals surface area contributed by atoms with E-state index in [4.69, 9.17) is 15.1 Å². The Kier molecular flexibility index (Phi) is 2.67. The topological polar surface area (TPSA) is 47.3 Å². The smallest absolute Gasteiger partial charge is 0.294 e. The molecule has 2 rings (SSSR count). The number of aryl methyl sites for hydroxylation is 1. The van der Waals surface area contributed by atoms with E-state index in [1.54, 1.807) is 13.0 Å². The molecule has 0 N–H and O–H groups in total. The summed E-state index contributed by atoms with van der Waals surface area (Å²) in [5.74, 6) is -0.598. The van der Waals surface area contributed by atoms with E-state index in [1.807, 2.05) is 0 Å². The number of hydrogen-bond donors (Lipinski definition) is 0. The van der Waals surface area contributed by atoms with Crippen molar-refractivity contribution in [3.8, 4) is 0 Å². The molecule has 0 fully saturated rings. The van der Waals surface area contributed by atoms with Gasteiger partial charge in [-0.15, -0.1) is 0 Å². The van der Waals surface area contributed by atoms with Gasteiger partial charge >= 0.3 is 0 Å². The van der Waals surface area contributed by atoms with E-state index in [2.05, 4.69) is 0 Å². The zero-order valence-corrected chi connectivity index (χ0v) is 9.90. The summed E-state index contributed by atoms with van der Waals surface area (Å²) in [6.07, 6.45) is 0.401. The summed E-state index contributed by atoms with van der Waals surface area (Å²) in [5.41, 5.74) is 0.336. The van der Waals surface area contributed by atoms with Crippen molar-refractivity contribution in [1.29, 1.82) is 0 Å². The van der Waals surface area contributed by atoms with Gasteiger partial charge in [-0.3, -0.25) is 0 Å². The lowest BCUT2D eigenvalue weighted by atomic mass is 10.1. The Balaban J connectivity index is 2.92. The predicted octanol–water partition coefficient (Wildman–Crippen LogP) is 3.06. The molecule has 2 aromatic rings. The molecule has 0 radical (unpaired) electrons. The lowest BCUT2D eigenvalue weighted by Gasteiger charge is -1.94. The average Bonchev–Trinajstić information content (AvgIpc) is 2.57. The molecule has 1 aromatic heterocycles. The molecule has 0 aliphatic rings. The molecule has 0 aliphatic heterocycles. The second-order valence-corrected chi connectivity index (χ2v) is 5.74. The van der Waals surface area contributed by atoms with Gasteiger partial charge in [-0.25, -0.2) is 12.8 Å². The molecule has 0 amide bonds. The quantitative estimate of drug-likeness (QED) is 0.782. The van der Waals surface area contributed by atoms with E-state index < -0.39 is 14.9 Å². The number of benzene rings is 1. The van der Waals surface area contributed by atoms with Crippen LogP contribution in [0.15, 0.2) is 27.7 Å². The summed E-state index contributed by atoms with van der Waals surface area (Å²) in [5, 5.41) is 0.0819. The van der Waals surface area contributed by atoms with Crippen molar-refractivity contribution in [1.82, 2.24) is 0 Å². The normalized spacial score (nSPS) is 12.2. The van der Waals surface area contributed by atoms with Gasteiger partial charge in [-0.05, 0) is 12.5 Å². The maximum absolute atomic E-state index is 13.4. The summed E-state index contributed by atoms with van der Waals surface area (Å²) in [7, 11) is 1.24. The molecule has 86 valence electrons. The van der Waals surface area contributed by atoms with Crippen LogP contribution >= 0.6 is 10.7 Å². The first-order chi connectivity index (χ1) is 7.45. The van der Waals surface area contributed by atoms with E-state index in [0.29, 0.717) is 17.4 Å². The van der Waals surface area contributed by atoms with E-state index in [9.17, 15) is 12.8 Å². The third-order valence-corrected chi connectivity index (χ3v) is 3.50. The van der Waals surface area contributed by atoms with E-state index in [1.165, 1.54) is 12.1 Å². The third-order valence-electron chi connectivity index (χ3n) is 2.31. The summed E-state index contributed by atoms with van der Waals surface area (Å²) in [6, 6.07) is 4.30. The monoisotopic (exact) mass is 262 g/mol. The van der Waals surface area contributed by atoms with Crippen molar-refractivity contribution < 1.29 is 17.2 Å². The molecule has 6 heteroatoms. The molecule has 1 heterocycles. The van der Waals surface area contributed by atoms with Crippen molar-refractivity contribution in [3.63, 3.8) is 0 Å². The van der Waals surface area contributed by atoms with Gasteiger partial charge in [0.05, 0.1) is 0 Å². The maximum Gasteiger partial charge on any atom is 0.294 e. The van der Waals surface area contributed by atoms with E-state index >= 15 is 0 Å². The molecule has 0 atom stereocenters. The number of fused-ring (bicyclic) bond motifs is 1. The van der Waals surface area contributed by atoms with Crippen LogP contribution in [0.3, 0.4) is 0 Å². The molecule has 3 nitrogen and oxygen atoms in total. The summed E-state index contributed by atoms with van der Waals surface area (Å²) >= 11 is 0. The second-order valence-electron chi connectivity index (χ2n) is 3.28. The molecule has 0 aliphatic carbocycles. The number of halogens is 2. The van der Waals surface area contributed by atoms with Crippen LogP contribution in [0.5, 0.6) is 0 Å². The first-order valence-electron chi connectivity index (χ1n) is 4.59. The Bertz CT molecular complexity index is 645. The molecule has 0 saturated heterocycles. The molecule has 16 heavy (non-hydrogen) atoms. The summed E-state index contributed by atoms with van der Waals surface area (Å²) in [6.45, 7) is 1.75. The number of para-hydroxylation sites is 1. The maximum atomic E-state index is 13.4. The van der Waals surface area contributed by atoms with Gasteiger partial charge in [-0.2, -0.15) is 0 Å². The molecular weight excluding hydrogens is 255 g/mol. The van der Waals surface area contributed by atoms with Crippen molar-refractivity contribution in [2.75, 3.05) is 0 Å². The first-order valence-corrected chi connectivity index (χ1v) is 6.90. The second kappa shape index (κ2) is 3.75. The molecule has 0 unspecified atom stereocenters. The van der Waals surface area contributed by atoms with Gasteiger partial charge in [0, 0.05) is 21.6 Å². The lowest BCUT2D eigenvalue weighted by Crippen LogP contribution is -1.92. The zero-order chi connectivity index (χ0) is 11.9. The molecule has 0 saturated carbocycles. The van der Waals surface area contributed by atoms with Crippen LogP contribution in [0, 0.1) is 5.82 Å². The van der Waals surface area contributed by atoms with Crippen LogP contribution in [-0.4, -0.2) is 8.42 Å². The summed E-state index contributed by atoms with van der Waals surface area (Å²) in [4.78, 5) is 0. The van der Waals surface area contributed by atoms with E-state index in [0.717, 1.165) is 0 Å². The van der Waals surface area contributed by atoms with Crippen molar-refractivity contribution >= 4 is 30.7 Å². The highest BCUT2D eigenvalue weighted by molar-refractivity contribution is 8.13. The number of rotatable bonds is 2. The molecular formula is C10H8ClFO3S. The van der Waals surface area contributed by atoms with Gasteiger partial charge in [0.2, 0.25) is 5.09 Å². The summed E-state index contributed by atoms with van der Waals surface area (Å²) < 4.78 is 40.8. The fourth-order valence-electron chi connectivity index (χ4n) is 1.65. The van der Waals surface area contributed by atoms with Gasteiger partial charge in [0.15, 0.2) is 11.4 Å². The van der Waals surface area contributed by atoms with Crippen LogP contribution in [-0.2, 0) is 15.5 Å². The SMILES string of the molecule is CCc1c(S(=O)(=O)Cl)oc2c(F)cccc12. The minimum Gasteiger partial charge on any atom is -0.440 e. The fourth-order valence-corrected chi connectivity index (χ4v) is 2.75. The minimum absolute atomic E-state index is 0.0708. The first kappa shape index (κ1) is 11.4. The standard InChI is InChI=1S/C10H8ClFO3S/c1-2-6-7-4-3-5-8(12)9(7)15-10(6)16(11,13)14/h3-5H,2H2,1H3. The van der Waals surface area contributed by atoms with Gasteiger partial charge in [-0.1, -0.05) is 19.1 Å². The van der Waals surface area contributed by atoms with Crippen molar-refractivity contribution in [2.24, 2.45) is 0 Å². The number of furan rings is 1. The van der Waals surface area contributed by atoms with Crippen LogP contribution in [0.1, 0.15) is 12.5 Å². The Morgan fingerprint density at radius 2 is 2.12 bits per heavy atom. The minimum atomic E-state index is -3.99. The van der Waals surface area contributed by atoms with Crippen LogP contribution in [0.2, 0.25) is 0 Å². The van der Waals surface area contributed by atoms with Crippen LogP contribution in [0.4, 0.5) is 4.39 Å². The molecule has 0 bridgehead atoms. The third kappa shape index (κ3) is 1.70. The lowest BCUT2D eigenvalue weighted by molar-refractivity contribution is 0.465. The highest BCUT2D eigenvalue weighted by atomic mass is 35.7. The fraction of sp³-hybridized carbons (Fsp3) is 0.200. The van der Waals surface area contributed by atoms with Crippen molar-refractivity contribution in [2.45, 2.75) is 18.4 Å². The van der Waals surface area contributed by atoms with Gasteiger partial charge < -0.3 is 4.42 Å². The predicted molar refractivity (Wildman–Crippen MR) is 58.6 cm³/mol. The highest BCUT2D eigenvalue weighted by Crippen LogP contribution is 2.32. The Labute approximate surface area is 96.2 Å². The Morgan fingerprint density at radius 3 is 2.69 bits per heavy atom. The Hall–Kier alpha value is -1.07. The molecule has 0 spiro atoms. The van der Waals surface area contributed by atoms with Gasteiger partial charge in [0.1, 0.15) is 0 Å². The largest absolute Gasteiger partial charge is 0.440 e. The van der Waals surface area contributed by atoms with E-state index in [-0.39, 0.29) is 10.7 Å². The Morgan fingerprint density at radius 1 is 1.44 bits per heavy atom. The zero-order valence-electron chi connectivity index (χ0n) is 8.33. The van der Waals surface area contributed by atoms with Crippen LogP contribution in [0.25, 0.3) is 11.0 Å². The van der Waals surface area contributed by atoms with Gasteiger partial charge in [0.25, 0.3) is 9.05 Å². The average molecular weight is 263 g/mol. The highest BCUT2D eigenvalue weighted by Gasteiger charge is 2.24. The molecule has 1 aromatic carbocycles. The van der Waals surface area contributed by atoms with Crippen LogP contribution < -0.4 is 0 Å². The van der Waals surface area contributed by atoms with Crippen molar-refractivity contribution in [3.05, 3.63) is 29.6 Å². The number of hydrogen-bond acceptors (Lipinski definition) is 3.